The average Bonchev–Trinajstić information content (AvgIpc) is 3.01. The van der Waals surface area contributed by atoms with Crippen LogP contribution in [0.25, 0.3) is 0 Å². The number of anilines is 1. The lowest BCUT2D eigenvalue weighted by Crippen LogP contribution is -2.30. The second-order valence-electron chi connectivity index (χ2n) is 5.98. The lowest BCUT2D eigenvalue weighted by Gasteiger charge is -2.23. The average molecular weight is 289 g/mol. The van der Waals surface area contributed by atoms with E-state index in [9.17, 15) is 4.79 Å². The van der Waals surface area contributed by atoms with E-state index in [-0.39, 0.29) is 5.91 Å². The Kier molecular flexibility index (Phi) is 6.21. The maximum absolute atomic E-state index is 12.0. The molecule has 1 fully saturated rings. The molecule has 2 rings (SSSR count). The monoisotopic (exact) mass is 289 g/mol. The van der Waals surface area contributed by atoms with Crippen molar-refractivity contribution in [2.45, 2.75) is 51.1 Å². The first-order valence-corrected chi connectivity index (χ1v) is 7.98. The summed E-state index contributed by atoms with van der Waals surface area (Å²) in [6.45, 7) is 1.50. The van der Waals surface area contributed by atoms with E-state index < -0.39 is 0 Å². The van der Waals surface area contributed by atoms with Crippen molar-refractivity contribution in [2.24, 2.45) is 5.73 Å². The fourth-order valence-electron chi connectivity index (χ4n) is 3.02. The third-order valence-electron chi connectivity index (χ3n) is 4.31. The van der Waals surface area contributed by atoms with Crippen molar-refractivity contribution in [3.63, 3.8) is 0 Å². The fourth-order valence-corrected chi connectivity index (χ4v) is 3.02. The molecule has 0 aromatic heterocycles. The van der Waals surface area contributed by atoms with Gasteiger partial charge in [0.2, 0.25) is 5.91 Å². The van der Waals surface area contributed by atoms with Crippen molar-refractivity contribution in [3.8, 4) is 0 Å². The molecule has 1 saturated carbocycles. The van der Waals surface area contributed by atoms with Gasteiger partial charge in [-0.3, -0.25) is 4.79 Å². The highest BCUT2D eigenvalue weighted by Crippen LogP contribution is 2.22. The van der Waals surface area contributed by atoms with Crippen LogP contribution in [0.4, 0.5) is 5.69 Å². The predicted molar refractivity (Wildman–Crippen MR) is 87.1 cm³/mol. The Labute approximate surface area is 127 Å². The highest BCUT2D eigenvalue weighted by molar-refractivity contribution is 5.90. The number of amides is 1. The van der Waals surface area contributed by atoms with Gasteiger partial charge < -0.3 is 16.0 Å². The Morgan fingerprint density at radius 3 is 2.86 bits per heavy atom. The fraction of sp³-hybridized carbons (Fsp3) is 0.588. The zero-order valence-electron chi connectivity index (χ0n) is 13.0. The summed E-state index contributed by atoms with van der Waals surface area (Å²) < 4.78 is 0. The van der Waals surface area contributed by atoms with Crippen LogP contribution >= 0.6 is 0 Å². The molecule has 1 aromatic carbocycles. The summed E-state index contributed by atoms with van der Waals surface area (Å²) in [5.41, 5.74) is 7.48. The van der Waals surface area contributed by atoms with E-state index in [0.717, 1.165) is 30.3 Å². The first-order chi connectivity index (χ1) is 10.2. The Bertz CT molecular complexity index is 455. The predicted octanol–water partition coefficient (Wildman–Crippen LogP) is 2.74. The Morgan fingerprint density at radius 1 is 1.38 bits per heavy atom. The summed E-state index contributed by atoms with van der Waals surface area (Å²) >= 11 is 0. The van der Waals surface area contributed by atoms with Crippen LogP contribution in [0.2, 0.25) is 0 Å². The number of hydrogen-bond acceptors (Lipinski definition) is 3. The van der Waals surface area contributed by atoms with Gasteiger partial charge in [-0.2, -0.15) is 0 Å². The smallest absolute Gasteiger partial charge is 0.224 e. The van der Waals surface area contributed by atoms with Crippen LogP contribution in [-0.4, -0.2) is 30.4 Å². The van der Waals surface area contributed by atoms with Crippen molar-refractivity contribution in [1.29, 1.82) is 0 Å². The summed E-state index contributed by atoms with van der Waals surface area (Å²) in [6.07, 6.45) is 6.82. The lowest BCUT2D eigenvalue weighted by atomic mass is 10.2. The van der Waals surface area contributed by atoms with E-state index in [4.69, 9.17) is 5.73 Å². The number of nitrogens with one attached hydrogen (secondary N) is 1. The molecular weight excluding hydrogens is 262 g/mol. The molecule has 0 saturated heterocycles. The van der Waals surface area contributed by atoms with Gasteiger partial charge in [0.25, 0.3) is 0 Å². The summed E-state index contributed by atoms with van der Waals surface area (Å²) in [4.78, 5) is 14.4. The number of rotatable bonds is 7. The van der Waals surface area contributed by atoms with Crippen molar-refractivity contribution in [3.05, 3.63) is 29.8 Å². The minimum absolute atomic E-state index is 0.0870. The van der Waals surface area contributed by atoms with Gasteiger partial charge in [-0.25, -0.2) is 0 Å². The molecule has 0 heterocycles. The molecule has 1 aromatic rings. The van der Waals surface area contributed by atoms with E-state index >= 15 is 0 Å². The second kappa shape index (κ2) is 8.15. The topological polar surface area (TPSA) is 58.4 Å². The van der Waals surface area contributed by atoms with Crippen molar-refractivity contribution in [1.82, 2.24) is 4.90 Å². The summed E-state index contributed by atoms with van der Waals surface area (Å²) in [5, 5.41) is 2.95. The summed E-state index contributed by atoms with van der Waals surface area (Å²) in [7, 11) is 2.18. The van der Waals surface area contributed by atoms with Gasteiger partial charge >= 0.3 is 0 Å². The SMILES string of the molecule is CN(CCCC(=O)Nc1cccc(CN)c1)C1CCCC1. The minimum Gasteiger partial charge on any atom is -0.326 e. The molecule has 0 bridgehead atoms. The molecule has 0 spiro atoms. The number of benzene rings is 1. The van der Waals surface area contributed by atoms with Gasteiger partial charge in [0.15, 0.2) is 0 Å². The molecule has 1 aliphatic rings. The molecule has 4 nitrogen and oxygen atoms in total. The quantitative estimate of drug-likeness (QED) is 0.811. The molecule has 1 aliphatic carbocycles. The van der Waals surface area contributed by atoms with Crippen LogP contribution in [0, 0.1) is 0 Å². The van der Waals surface area contributed by atoms with Crippen LogP contribution in [0.3, 0.4) is 0 Å². The molecule has 1 amide bonds. The van der Waals surface area contributed by atoms with Gasteiger partial charge in [0.05, 0.1) is 0 Å². The van der Waals surface area contributed by atoms with Crippen LogP contribution in [0.15, 0.2) is 24.3 Å². The van der Waals surface area contributed by atoms with Crippen molar-refractivity contribution < 1.29 is 4.79 Å². The molecular formula is C17H27N3O. The molecule has 4 heteroatoms. The molecule has 3 N–H and O–H groups in total. The highest BCUT2D eigenvalue weighted by atomic mass is 16.1. The zero-order valence-corrected chi connectivity index (χ0v) is 13.0. The van der Waals surface area contributed by atoms with Crippen LogP contribution in [-0.2, 0) is 11.3 Å². The largest absolute Gasteiger partial charge is 0.326 e. The Morgan fingerprint density at radius 2 is 2.14 bits per heavy atom. The van der Waals surface area contributed by atoms with Gasteiger partial charge in [-0.15, -0.1) is 0 Å². The Hall–Kier alpha value is -1.39. The van der Waals surface area contributed by atoms with Gasteiger partial charge in [-0.1, -0.05) is 25.0 Å². The van der Waals surface area contributed by atoms with Crippen LogP contribution in [0.5, 0.6) is 0 Å². The van der Waals surface area contributed by atoms with E-state index in [1.807, 2.05) is 24.3 Å². The maximum atomic E-state index is 12.0. The van der Waals surface area contributed by atoms with Crippen LogP contribution < -0.4 is 11.1 Å². The van der Waals surface area contributed by atoms with E-state index in [0.29, 0.717) is 13.0 Å². The summed E-state index contributed by atoms with van der Waals surface area (Å²) in [5.74, 6) is 0.0870. The lowest BCUT2D eigenvalue weighted by molar-refractivity contribution is -0.116. The van der Waals surface area contributed by atoms with Crippen molar-refractivity contribution >= 4 is 11.6 Å². The number of carbonyl (C=O) groups is 1. The summed E-state index contributed by atoms with van der Waals surface area (Å²) in [6, 6.07) is 8.46. The number of nitrogens with zero attached hydrogens (tertiary/aromatic N) is 1. The number of nitrogens with two attached hydrogens (primary N) is 1. The zero-order chi connectivity index (χ0) is 15.1. The Balaban J connectivity index is 1.69. The normalized spacial score (nSPS) is 15.6. The van der Waals surface area contributed by atoms with E-state index in [2.05, 4.69) is 17.3 Å². The first-order valence-electron chi connectivity index (χ1n) is 7.98. The molecule has 0 unspecified atom stereocenters. The van der Waals surface area contributed by atoms with Gasteiger partial charge in [0, 0.05) is 24.7 Å². The molecule has 0 aliphatic heterocycles. The third kappa shape index (κ3) is 5.14. The van der Waals surface area contributed by atoms with Crippen LogP contribution in [0.1, 0.15) is 44.1 Å². The van der Waals surface area contributed by atoms with Crippen molar-refractivity contribution in [2.75, 3.05) is 18.9 Å². The third-order valence-corrected chi connectivity index (χ3v) is 4.31. The first kappa shape index (κ1) is 16.0. The number of hydrogen-bond donors (Lipinski definition) is 2. The standard InChI is InChI=1S/C17H27N3O/c1-20(16-8-2-3-9-16)11-5-10-17(21)19-15-7-4-6-14(12-15)13-18/h4,6-7,12,16H,2-3,5,8-11,13,18H2,1H3,(H,19,21). The number of carbonyl (C=O) groups excluding carboxylic acids is 1. The highest BCUT2D eigenvalue weighted by Gasteiger charge is 2.19. The second-order valence-corrected chi connectivity index (χ2v) is 5.98. The minimum atomic E-state index is 0.0870. The van der Waals surface area contributed by atoms with E-state index in [1.54, 1.807) is 0 Å². The molecule has 116 valence electrons. The van der Waals surface area contributed by atoms with E-state index in [1.165, 1.54) is 25.7 Å². The molecule has 0 atom stereocenters. The molecule has 0 radical (unpaired) electrons. The van der Waals surface area contributed by atoms with Gasteiger partial charge in [0.1, 0.15) is 0 Å². The maximum Gasteiger partial charge on any atom is 0.224 e. The van der Waals surface area contributed by atoms with Gasteiger partial charge in [-0.05, 0) is 50.6 Å². The molecule has 21 heavy (non-hydrogen) atoms.